The van der Waals surface area contributed by atoms with Crippen molar-refractivity contribution < 1.29 is 9.90 Å². The van der Waals surface area contributed by atoms with Gasteiger partial charge < -0.3 is 10.0 Å². The third-order valence-electron chi connectivity index (χ3n) is 2.67. The van der Waals surface area contributed by atoms with Crippen LogP contribution in [0.3, 0.4) is 0 Å². The van der Waals surface area contributed by atoms with Crippen molar-refractivity contribution in [2.75, 3.05) is 19.7 Å². The summed E-state index contributed by atoms with van der Waals surface area (Å²) in [6, 6.07) is 7.54. The number of hydrogen-bond donors (Lipinski definition) is 1. The summed E-state index contributed by atoms with van der Waals surface area (Å²) in [5.41, 5.74) is 0.988. The van der Waals surface area contributed by atoms with Gasteiger partial charge in [0.1, 0.15) is 0 Å². The molecule has 0 saturated carbocycles. The topological polar surface area (TPSA) is 40.5 Å². The monoisotopic (exact) mass is 255 g/mol. The van der Waals surface area contributed by atoms with Crippen molar-refractivity contribution in [3.63, 3.8) is 0 Å². The number of carbonyl (C=O) groups excluding carboxylic acids is 1. The van der Waals surface area contributed by atoms with E-state index in [4.69, 9.17) is 16.7 Å². The van der Waals surface area contributed by atoms with Crippen molar-refractivity contribution in [1.29, 1.82) is 0 Å². The van der Waals surface area contributed by atoms with E-state index in [1.807, 2.05) is 31.2 Å². The average Bonchev–Trinajstić information content (AvgIpc) is 2.34. The molecule has 0 aliphatic heterocycles. The largest absolute Gasteiger partial charge is 0.395 e. The summed E-state index contributed by atoms with van der Waals surface area (Å²) < 4.78 is 0. The second kappa shape index (κ2) is 7.30. The first-order valence-corrected chi connectivity index (χ1v) is 6.18. The zero-order valence-electron chi connectivity index (χ0n) is 10.0. The van der Waals surface area contributed by atoms with E-state index in [2.05, 4.69) is 0 Å². The van der Waals surface area contributed by atoms with E-state index in [1.165, 1.54) is 0 Å². The summed E-state index contributed by atoms with van der Waals surface area (Å²) in [7, 11) is 0. The second-order valence-corrected chi connectivity index (χ2v) is 4.20. The lowest BCUT2D eigenvalue weighted by atomic mass is 10.1. The number of nitrogens with zero attached hydrogens (tertiary/aromatic N) is 1. The van der Waals surface area contributed by atoms with Gasteiger partial charge in [-0.1, -0.05) is 29.8 Å². The molecule has 0 aromatic heterocycles. The summed E-state index contributed by atoms with van der Waals surface area (Å²) in [5.74, 6) is 0.0569. The van der Waals surface area contributed by atoms with Gasteiger partial charge in [-0.25, -0.2) is 0 Å². The lowest BCUT2D eigenvalue weighted by Crippen LogP contribution is -2.33. The van der Waals surface area contributed by atoms with Gasteiger partial charge in [0.15, 0.2) is 0 Å². The number of aryl methyl sites for hydroxylation is 1. The summed E-state index contributed by atoms with van der Waals surface area (Å²) >= 11 is 6.02. The van der Waals surface area contributed by atoms with E-state index < -0.39 is 0 Å². The van der Waals surface area contributed by atoms with E-state index in [0.717, 1.165) is 5.56 Å². The molecule has 0 unspecified atom stereocenters. The fourth-order valence-corrected chi connectivity index (χ4v) is 1.91. The molecule has 0 spiro atoms. The molecule has 1 aromatic carbocycles. The molecule has 4 heteroatoms. The van der Waals surface area contributed by atoms with E-state index in [9.17, 15) is 4.79 Å². The third kappa shape index (κ3) is 4.36. The first kappa shape index (κ1) is 14.0. The van der Waals surface area contributed by atoms with Crippen LogP contribution < -0.4 is 0 Å². The minimum Gasteiger partial charge on any atom is -0.395 e. The molecule has 0 radical (unpaired) electrons. The fourth-order valence-electron chi connectivity index (χ4n) is 1.68. The molecular weight excluding hydrogens is 238 g/mol. The summed E-state index contributed by atoms with van der Waals surface area (Å²) in [5, 5.41) is 9.53. The van der Waals surface area contributed by atoms with Crippen LogP contribution in [0.15, 0.2) is 24.3 Å². The van der Waals surface area contributed by atoms with Gasteiger partial charge in [0, 0.05) is 24.5 Å². The molecule has 3 nitrogen and oxygen atoms in total. The highest BCUT2D eigenvalue weighted by Crippen LogP contribution is 2.16. The normalized spacial score (nSPS) is 10.3. The molecule has 0 bridgehead atoms. The molecule has 0 saturated heterocycles. The van der Waals surface area contributed by atoms with Crippen LogP contribution in [0.5, 0.6) is 0 Å². The second-order valence-electron chi connectivity index (χ2n) is 3.79. The van der Waals surface area contributed by atoms with Crippen molar-refractivity contribution in [3.8, 4) is 0 Å². The highest BCUT2D eigenvalue weighted by atomic mass is 35.5. The van der Waals surface area contributed by atoms with Crippen molar-refractivity contribution in [1.82, 2.24) is 4.90 Å². The lowest BCUT2D eigenvalue weighted by Gasteiger charge is -2.19. The summed E-state index contributed by atoms with van der Waals surface area (Å²) in [6.07, 6.45) is 1.07. The van der Waals surface area contributed by atoms with Gasteiger partial charge in [-0.2, -0.15) is 0 Å². The van der Waals surface area contributed by atoms with Gasteiger partial charge >= 0.3 is 0 Å². The predicted octanol–water partition coefficient (Wildman–Crippen LogP) is 2.11. The molecule has 0 atom stereocenters. The van der Waals surface area contributed by atoms with Crippen LogP contribution in [0.25, 0.3) is 0 Å². The van der Waals surface area contributed by atoms with Crippen LogP contribution in [0, 0.1) is 0 Å². The van der Waals surface area contributed by atoms with Crippen LogP contribution in [-0.4, -0.2) is 35.6 Å². The molecule has 0 fully saturated rings. The maximum atomic E-state index is 11.8. The molecule has 1 aromatic rings. The van der Waals surface area contributed by atoms with Gasteiger partial charge in [-0.3, -0.25) is 4.79 Å². The summed E-state index contributed by atoms with van der Waals surface area (Å²) in [6.45, 7) is 2.94. The Bertz CT molecular complexity index is 368. The molecule has 0 heterocycles. The minimum absolute atomic E-state index is 0.00563. The maximum Gasteiger partial charge on any atom is 0.222 e. The van der Waals surface area contributed by atoms with Gasteiger partial charge in [0.25, 0.3) is 0 Å². The van der Waals surface area contributed by atoms with Crippen LogP contribution in [0.2, 0.25) is 5.02 Å². The number of aliphatic hydroxyl groups excluding tert-OH is 1. The van der Waals surface area contributed by atoms with Crippen molar-refractivity contribution in [3.05, 3.63) is 34.9 Å². The quantitative estimate of drug-likeness (QED) is 0.846. The molecule has 1 rings (SSSR count). The molecule has 94 valence electrons. The molecule has 17 heavy (non-hydrogen) atoms. The Kier molecular flexibility index (Phi) is 6.01. The number of amides is 1. The fraction of sp³-hybridized carbons (Fsp3) is 0.462. The van der Waals surface area contributed by atoms with Gasteiger partial charge in [-0.05, 0) is 25.0 Å². The van der Waals surface area contributed by atoms with Crippen LogP contribution in [0.1, 0.15) is 18.9 Å². The Balaban J connectivity index is 2.50. The average molecular weight is 256 g/mol. The maximum absolute atomic E-state index is 11.8. The third-order valence-corrected chi connectivity index (χ3v) is 3.04. The Morgan fingerprint density at radius 1 is 1.41 bits per heavy atom. The predicted molar refractivity (Wildman–Crippen MR) is 69.1 cm³/mol. The lowest BCUT2D eigenvalue weighted by molar-refractivity contribution is -0.131. The van der Waals surface area contributed by atoms with Crippen LogP contribution in [-0.2, 0) is 11.2 Å². The zero-order valence-corrected chi connectivity index (χ0v) is 10.8. The standard InChI is InChI=1S/C13H18ClNO2/c1-2-15(9-10-16)13(17)8-7-11-5-3-4-6-12(11)14/h3-6,16H,2,7-10H2,1H3. The highest BCUT2D eigenvalue weighted by molar-refractivity contribution is 6.31. The number of halogens is 1. The van der Waals surface area contributed by atoms with Gasteiger partial charge in [-0.15, -0.1) is 0 Å². The molecule has 1 N–H and O–H groups in total. The van der Waals surface area contributed by atoms with Gasteiger partial charge in [0.2, 0.25) is 5.91 Å². The Hall–Kier alpha value is -1.06. The zero-order chi connectivity index (χ0) is 12.7. The number of aliphatic hydroxyl groups is 1. The minimum atomic E-state index is 0.00563. The van der Waals surface area contributed by atoms with Gasteiger partial charge in [0.05, 0.1) is 6.61 Å². The van der Waals surface area contributed by atoms with Crippen molar-refractivity contribution >= 4 is 17.5 Å². The number of carbonyl (C=O) groups is 1. The Labute approximate surface area is 107 Å². The van der Waals surface area contributed by atoms with Crippen LogP contribution in [0.4, 0.5) is 0 Å². The molecule has 0 aliphatic rings. The highest BCUT2D eigenvalue weighted by Gasteiger charge is 2.11. The summed E-state index contributed by atoms with van der Waals surface area (Å²) in [4.78, 5) is 13.5. The van der Waals surface area contributed by atoms with Crippen molar-refractivity contribution in [2.24, 2.45) is 0 Å². The number of benzene rings is 1. The van der Waals surface area contributed by atoms with Crippen LogP contribution >= 0.6 is 11.6 Å². The van der Waals surface area contributed by atoms with E-state index in [-0.39, 0.29) is 12.5 Å². The van der Waals surface area contributed by atoms with Crippen molar-refractivity contribution in [2.45, 2.75) is 19.8 Å². The Morgan fingerprint density at radius 2 is 2.12 bits per heavy atom. The number of likely N-dealkylation sites (N-methyl/N-ethyl adjacent to an activating group) is 1. The Morgan fingerprint density at radius 3 is 2.71 bits per heavy atom. The SMILES string of the molecule is CCN(CCO)C(=O)CCc1ccccc1Cl. The van der Waals surface area contributed by atoms with E-state index in [0.29, 0.717) is 31.0 Å². The molecule has 0 aliphatic carbocycles. The molecule has 1 amide bonds. The smallest absolute Gasteiger partial charge is 0.222 e. The number of hydrogen-bond acceptors (Lipinski definition) is 2. The van der Waals surface area contributed by atoms with E-state index >= 15 is 0 Å². The number of rotatable bonds is 6. The first-order valence-electron chi connectivity index (χ1n) is 5.81. The molecular formula is C13H18ClNO2. The first-order chi connectivity index (χ1) is 8.19. The van der Waals surface area contributed by atoms with E-state index in [1.54, 1.807) is 4.90 Å².